The van der Waals surface area contributed by atoms with Crippen molar-refractivity contribution in [1.82, 2.24) is 0 Å². The molecule has 0 aliphatic heterocycles. The smallest absolute Gasteiger partial charge is 0.306 e. The highest BCUT2D eigenvalue weighted by molar-refractivity contribution is 5.70. The van der Waals surface area contributed by atoms with Crippen molar-refractivity contribution in [1.29, 1.82) is 0 Å². The molecule has 0 heterocycles. The molecule has 1 atom stereocenters. The normalized spacial score (nSPS) is 12.8. The summed E-state index contributed by atoms with van der Waals surface area (Å²) in [5, 5.41) is 0. The topological polar surface area (TPSA) is 61.8 Å². The number of carbonyl (C=O) groups is 2. The van der Waals surface area contributed by atoms with Crippen molar-refractivity contribution in [3.05, 3.63) is 85.1 Å². The summed E-state index contributed by atoms with van der Waals surface area (Å²) in [4.78, 5) is 25.6. The lowest BCUT2D eigenvalue weighted by Gasteiger charge is -2.18. The van der Waals surface area contributed by atoms with Crippen LogP contribution in [0.2, 0.25) is 0 Å². The molecule has 1 unspecified atom stereocenters. The van der Waals surface area contributed by atoms with E-state index in [9.17, 15) is 9.59 Å². The van der Waals surface area contributed by atoms with E-state index in [4.69, 9.17) is 14.2 Å². The van der Waals surface area contributed by atoms with Crippen LogP contribution in [0.5, 0.6) is 0 Å². The Bertz CT molecular complexity index is 1320. The van der Waals surface area contributed by atoms with E-state index in [1.807, 2.05) is 6.08 Å². The number of carbonyl (C=O) groups excluding carboxylic acids is 2. The molecule has 0 spiro atoms. The number of ether oxygens (including phenoxy) is 3. The maximum Gasteiger partial charge on any atom is 0.306 e. The summed E-state index contributed by atoms with van der Waals surface area (Å²) < 4.78 is 17.5. The van der Waals surface area contributed by atoms with Crippen molar-refractivity contribution in [2.24, 2.45) is 0 Å². The molecule has 0 saturated heterocycles. The van der Waals surface area contributed by atoms with Crippen LogP contribution in [0, 0.1) is 0 Å². The van der Waals surface area contributed by atoms with Gasteiger partial charge in [0.05, 0.1) is 6.61 Å². The monoisotopic (exact) mass is 1000 g/mol. The van der Waals surface area contributed by atoms with Gasteiger partial charge in [-0.2, -0.15) is 0 Å². The van der Waals surface area contributed by atoms with E-state index in [1.165, 1.54) is 193 Å². The molecular formula is C67H118O5. The predicted molar refractivity (Wildman–Crippen MR) is 316 cm³/mol. The van der Waals surface area contributed by atoms with Crippen LogP contribution >= 0.6 is 0 Å². The summed E-state index contributed by atoms with van der Waals surface area (Å²) in [6, 6.07) is 0. The zero-order valence-corrected chi connectivity index (χ0v) is 47.9. The SMILES string of the molecule is CC/C=C\C/C=C\C/C=C\C/C=C\C/C=C\C/C=C\CCC(=O)OCC(COCCCCCCCCCCCCCCCCCCCC)OC(=O)CCCCCCCCCCC/C=C\CCCCCCCC. The van der Waals surface area contributed by atoms with E-state index in [0.717, 1.165) is 70.6 Å². The summed E-state index contributed by atoms with van der Waals surface area (Å²) in [6.45, 7) is 7.68. The van der Waals surface area contributed by atoms with Crippen LogP contribution in [0.25, 0.3) is 0 Å². The lowest BCUT2D eigenvalue weighted by molar-refractivity contribution is -0.162. The quantitative estimate of drug-likeness (QED) is 0.0345. The fourth-order valence-corrected chi connectivity index (χ4v) is 8.83. The number of hydrogen-bond donors (Lipinski definition) is 0. The largest absolute Gasteiger partial charge is 0.462 e. The Morgan fingerprint density at radius 1 is 0.319 bits per heavy atom. The minimum absolute atomic E-state index is 0.0446. The number of allylic oxidation sites excluding steroid dienone is 14. The molecule has 0 N–H and O–H groups in total. The van der Waals surface area contributed by atoms with Gasteiger partial charge in [-0.3, -0.25) is 9.59 Å². The average Bonchev–Trinajstić information content (AvgIpc) is 3.38. The molecule has 0 aromatic heterocycles. The maximum atomic E-state index is 12.9. The van der Waals surface area contributed by atoms with E-state index in [2.05, 4.69) is 99.8 Å². The fourth-order valence-electron chi connectivity index (χ4n) is 8.83. The number of rotatable bonds is 57. The molecule has 0 aromatic rings. The standard InChI is InChI=1S/C67H118O5/c1-4-7-10-13-16-19-22-25-28-31-34-36-39-42-45-48-51-54-57-60-66(68)71-64-65(63-70-62-59-56-53-50-47-44-41-38-33-30-27-24-21-18-15-12-9-6-3)72-67(69)61-58-55-52-49-46-43-40-37-35-32-29-26-23-20-17-14-11-8-5-2/h7,10,16,19,25-26,28-29,34,36,42,45,51,54,65H,4-6,8-9,11-15,17-18,20-24,27,30-33,35,37-41,43-44,46-50,52-53,55-64H2,1-3H3/b10-7-,19-16-,28-25-,29-26-,36-34-,45-42-,54-51-. The van der Waals surface area contributed by atoms with Crippen molar-refractivity contribution < 1.29 is 23.8 Å². The predicted octanol–water partition coefficient (Wildman–Crippen LogP) is 21.6. The van der Waals surface area contributed by atoms with Gasteiger partial charge in [-0.1, -0.05) is 292 Å². The van der Waals surface area contributed by atoms with E-state index < -0.39 is 6.10 Å². The Hall–Kier alpha value is -2.92. The lowest BCUT2D eigenvalue weighted by Crippen LogP contribution is -2.30. The Labute approximate surface area is 448 Å². The van der Waals surface area contributed by atoms with E-state index in [-0.39, 0.29) is 25.2 Å². The van der Waals surface area contributed by atoms with Gasteiger partial charge in [0.25, 0.3) is 0 Å². The highest BCUT2D eigenvalue weighted by Gasteiger charge is 2.17. The molecule has 416 valence electrons. The molecule has 0 fully saturated rings. The third-order valence-electron chi connectivity index (χ3n) is 13.4. The molecule has 0 aliphatic rings. The van der Waals surface area contributed by atoms with Gasteiger partial charge < -0.3 is 14.2 Å². The van der Waals surface area contributed by atoms with Crippen molar-refractivity contribution >= 4 is 11.9 Å². The van der Waals surface area contributed by atoms with Crippen molar-refractivity contribution in [3.8, 4) is 0 Å². The molecule has 0 rings (SSSR count). The highest BCUT2D eigenvalue weighted by atomic mass is 16.6. The van der Waals surface area contributed by atoms with E-state index >= 15 is 0 Å². The minimum atomic E-state index is -0.571. The van der Waals surface area contributed by atoms with Crippen LogP contribution < -0.4 is 0 Å². The van der Waals surface area contributed by atoms with Gasteiger partial charge in [-0.05, 0) is 83.5 Å². The van der Waals surface area contributed by atoms with Crippen molar-refractivity contribution in [2.75, 3.05) is 19.8 Å². The first-order valence-electron chi connectivity index (χ1n) is 31.1. The van der Waals surface area contributed by atoms with Crippen molar-refractivity contribution in [3.63, 3.8) is 0 Å². The van der Waals surface area contributed by atoms with Gasteiger partial charge >= 0.3 is 11.9 Å². The zero-order valence-electron chi connectivity index (χ0n) is 47.9. The molecule has 72 heavy (non-hydrogen) atoms. The molecule has 0 saturated carbocycles. The first-order valence-corrected chi connectivity index (χ1v) is 31.1. The van der Waals surface area contributed by atoms with Crippen LogP contribution in [-0.4, -0.2) is 37.9 Å². The summed E-state index contributed by atoms with van der Waals surface area (Å²) >= 11 is 0. The molecular weight excluding hydrogens is 885 g/mol. The van der Waals surface area contributed by atoms with E-state index in [0.29, 0.717) is 25.9 Å². The first-order chi connectivity index (χ1) is 35.6. The van der Waals surface area contributed by atoms with Crippen LogP contribution in [0.4, 0.5) is 0 Å². The molecule has 5 nitrogen and oxygen atoms in total. The molecule has 5 heteroatoms. The van der Waals surface area contributed by atoms with Crippen LogP contribution in [0.15, 0.2) is 85.1 Å². The summed E-state index contributed by atoms with van der Waals surface area (Å²) in [5.41, 5.74) is 0. The zero-order chi connectivity index (χ0) is 52.0. The molecule has 0 radical (unpaired) electrons. The van der Waals surface area contributed by atoms with Crippen molar-refractivity contribution in [2.45, 2.75) is 309 Å². The number of esters is 2. The van der Waals surface area contributed by atoms with Crippen LogP contribution in [0.1, 0.15) is 303 Å². The number of unbranched alkanes of at least 4 members (excludes halogenated alkanes) is 32. The maximum absolute atomic E-state index is 12.9. The highest BCUT2D eigenvalue weighted by Crippen LogP contribution is 2.16. The fraction of sp³-hybridized carbons (Fsp3) is 0.761. The number of hydrogen-bond acceptors (Lipinski definition) is 5. The Morgan fingerprint density at radius 2 is 0.653 bits per heavy atom. The Morgan fingerprint density at radius 3 is 1.06 bits per heavy atom. The van der Waals surface area contributed by atoms with Crippen LogP contribution in [0.3, 0.4) is 0 Å². The second-order valence-electron chi connectivity index (χ2n) is 20.6. The van der Waals surface area contributed by atoms with Gasteiger partial charge in [0.15, 0.2) is 6.10 Å². The third kappa shape index (κ3) is 59.6. The summed E-state index contributed by atoms with van der Waals surface area (Å²) in [6.07, 6.45) is 83.4. The lowest BCUT2D eigenvalue weighted by atomic mass is 10.0. The molecule has 0 bridgehead atoms. The van der Waals surface area contributed by atoms with E-state index in [1.54, 1.807) is 0 Å². The second-order valence-corrected chi connectivity index (χ2v) is 20.6. The Balaban J connectivity index is 4.37. The molecule has 0 aromatic carbocycles. The summed E-state index contributed by atoms with van der Waals surface area (Å²) in [5.74, 6) is -0.485. The van der Waals surface area contributed by atoms with Gasteiger partial charge in [0.1, 0.15) is 6.61 Å². The average molecular weight is 1000 g/mol. The van der Waals surface area contributed by atoms with Gasteiger partial charge in [-0.15, -0.1) is 0 Å². The van der Waals surface area contributed by atoms with Gasteiger partial charge in [0, 0.05) is 19.4 Å². The molecule has 0 aliphatic carbocycles. The molecule has 0 amide bonds. The minimum Gasteiger partial charge on any atom is -0.462 e. The second kappa shape index (κ2) is 62.4. The Kier molecular flexibility index (Phi) is 59.8. The van der Waals surface area contributed by atoms with Gasteiger partial charge in [-0.25, -0.2) is 0 Å². The third-order valence-corrected chi connectivity index (χ3v) is 13.4. The first kappa shape index (κ1) is 69.1. The summed E-state index contributed by atoms with van der Waals surface area (Å²) in [7, 11) is 0. The van der Waals surface area contributed by atoms with Crippen LogP contribution in [-0.2, 0) is 23.8 Å². The van der Waals surface area contributed by atoms with Gasteiger partial charge in [0.2, 0.25) is 0 Å².